The van der Waals surface area contributed by atoms with E-state index in [2.05, 4.69) is 31.1 Å². The molecule has 0 aromatic heterocycles. The van der Waals surface area contributed by atoms with Gasteiger partial charge in [0.15, 0.2) is 5.84 Å². The molecule has 3 saturated carbocycles. The molecule has 3 rings (SSSR count). The molecule has 0 radical (unpaired) electrons. The second-order valence-corrected chi connectivity index (χ2v) is 10.1. The van der Waals surface area contributed by atoms with Crippen LogP contribution in [0.4, 0.5) is 0 Å². The summed E-state index contributed by atoms with van der Waals surface area (Å²) in [7, 11) is 0. The summed E-state index contributed by atoms with van der Waals surface area (Å²) in [6.45, 7) is 11.1. The number of nitrogens with zero attached hydrogens (tertiary/aromatic N) is 1. The Labute approximate surface area is 170 Å². The van der Waals surface area contributed by atoms with Gasteiger partial charge in [-0.1, -0.05) is 47.5 Å². The smallest absolute Gasteiger partial charge is 0.223 e. The van der Waals surface area contributed by atoms with Crippen molar-refractivity contribution in [3.05, 3.63) is 0 Å². The van der Waals surface area contributed by atoms with Gasteiger partial charge in [-0.2, -0.15) is 0 Å². The van der Waals surface area contributed by atoms with Gasteiger partial charge in [0.05, 0.1) is 12.1 Å². The minimum atomic E-state index is -0.551. The quantitative estimate of drug-likeness (QED) is 0.437. The molecule has 0 heterocycles. The van der Waals surface area contributed by atoms with E-state index >= 15 is 0 Å². The van der Waals surface area contributed by atoms with E-state index in [4.69, 9.17) is 5.73 Å². The van der Waals surface area contributed by atoms with Crippen LogP contribution in [0.15, 0.2) is 4.99 Å². The maximum absolute atomic E-state index is 13.0. The molecule has 0 aliphatic heterocycles. The molecular formula is C23H39N3O2. The first-order valence-corrected chi connectivity index (χ1v) is 11.3. The van der Waals surface area contributed by atoms with Crippen LogP contribution in [0.5, 0.6) is 0 Å². The Morgan fingerprint density at radius 1 is 1.21 bits per heavy atom. The van der Waals surface area contributed by atoms with Crippen LogP contribution in [-0.4, -0.2) is 29.6 Å². The minimum Gasteiger partial charge on any atom is -0.381 e. The Kier molecular flexibility index (Phi) is 5.68. The van der Waals surface area contributed by atoms with Gasteiger partial charge in [-0.15, -0.1) is 0 Å². The molecule has 3 atom stereocenters. The van der Waals surface area contributed by atoms with Crippen molar-refractivity contribution in [1.82, 2.24) is 5.32 Å². The number of rotatable bonds is 10. The molecule has 1 unspecified atom stereocenters. The van der Waals surface area contributed by atoms with Crippen LogP contribution in [-0.2, 0) is 9.59 Å². The highest BCUT2D eigenvalue weighted by atomic mass is 16.2. The monoisotopic (exact) mass is 389 g/mol. The lowest BCUT2D eigenvalue weighted by molar-refractivity contribution is -0.128. The van der Waals surface area contributed by atoms with Crippen molar-refractivity contribution in [1.29, 1.82) is 0 Å². The van der Waals surface area contributed by atoms with Gasteiger partial charge in [0.25, 0.3) is 0 Å². The molecule has 0 saturated heterocycles. The van der Waals surface area contributed by atoms with Crippen LogP contribution >= 0.6 is 0 Å². The van der Waals surface area contributed by atoms with Crippen LogP contribution in [0.1, 0.15) is 92.4 Å². The summed E-state index contributed by atoms with van der Waals surface area (Å²) in [5, 5.41) is 3.01. The van der Waals surface area contributed by atoms with Crippen LogP contribution < -0.4 is 11.1 Å². The number of hydrogen-bond donors (Lipinski definition) is 2. The first-order valence-electron chi connectivity index (χ1n) is 11.3. The van der Waals surface area contributed by atoms with Crippen molar-refractivity contribution in [2.75, 3.05) is 0 Å². The van der Waals surface area contributed by atoms with E-state index in [1.54, 1.807) is 0 Å². The van der Waals surface area contributed by atoms with Gasteiger partial charge in [-0.3, -0.25) is 14.6 Å². The highest BCUT2D eigenvalue weighted by molar-refractivity contribution is 6.40. The Morgan fingerprint density at radius 2 is 1.86 bits per heavy atom. The summed E-state index contributed by atoms with van der Waals surface area (Å²) >= 11 is 0. The third-order valence-corrected chi connectivity index (χ3v) is 8.49. The Bertz CT molecular complexity index is 661. The zero-order valence-electron chi connectivity index (χ0n) is 18.4. The van der Waals surface area contributed by atoms with Gasteiger partial charge in [-0.25, -0.2) is 0 Å². The number of carbonyl (C=O) groups excluding carboxylic acids is 2. The molecule has 0 aromatic rings. The maximum Gasteiger partial charge on any atom is 0.223 e. The van der Waals surface area contributed by atoms with Crippen LogP contribution in [0.25, 0.3) is 0 Å². The van der Waals surface area contributed by atoms with Crippen molar-refractivity contribution >= 4 is 17.5 Å². The molecule has 5 heteroatoms. The van der Waals surface area contributed by atoms with E-state index in [1.165, 1.54) is 19.3 Å². The third-order valence-electron chi connectivity index (χ3n) is 8.49. The number of nitrogens with two attached hydrogens (primary N) is 1. The highest BCUT2D eigenvalue weighted by Gasteiger charge is 2.81. The molecule has 1 amide bonds. The molecule has 3 aliphatic carbocycles. The summed E-state index contributed by atoms with van der Waals surface area (Å²) in [5.74, 6) is -0.263. The predicted octanol–water partition coefficient (Wildman–Crippen LogP) is 3.99. The molecule has 28 heavy (non-hydrogen) atoms. The second kappa shape index (κ2) is 7.46. The van der Waals surface area contributed by atoms with Crippen molar-refractivity contribution in [2.45, 2.75) is 104 Å². The molecular weight excluding hydrogens is 350 g/mol. The van der Waals surface area contributed by atoms with Crippen LogP contribution in [0.3, 0.4) is 0 Å². The van der Waals surface area contributed by atoms with Gasteiger partial charge >= 0.3 is 0 Å². The number of aliphatic imine (C=N–C) groups is 1. The fourth-order valence-electron chi connectivity index (χ4n) is 6.40. The summed E-state index contributed by atoms with van der Waals surface area (Å²) in [5.41, 5.74) is 6.92. The Hall–Kier alpha value is -1.39. The van der Waals surface area contributed by atoms with Crippen molar-refractivity contribution in [2.24, 2.45) is 32.9 Å². The number of Topliss-reactive ketones (excluding diaryl/α,β-unsaturated/α-hetero) is 1. The van der Waals surface area contributed by atoms with E-state index in [9.17, 15) is 9.59 Å². The highest BCUT2D eigenvalue weighted by Crippen LogP contribution is 2.88. The minimum absolute atomic E-state index is 0.0176. The molecule has 158 valence electrons. The maximum atomic E-state index is 13.0. The van der Waals surface area contributed by atoms with Crippen molar-refractivity contribution in [3.63, 3.8) is 0 Å². The Morgan fingerprint density at radius 3 is 2.29 bits per heavy atom. The first kappa shape index (κ1) is 21.3. The summed E-state index contributed by atoms with van der Waals surface area (Å²) in [4.78, 5) is 30.0. The molecule has 1 spiro atoms. The predicted molar refractivity (Wildman–Crippen MR) is 113 cm³/mol. The number of nitrogens with one attached hydrogen (secondary N) is 1. The lowest BCUT2D eigenvalue weighted by Gasteiger charge is -2.34. The van der Waals surface area contributed by atoms with Crippen molar-refractivity contribution in [3.8, 4) is 0 Å². The normalized spacial score (nSPS) is 29.7. The molecule has 3 fully saturated rings. The lowest BCUT2D eigenvalue weighted by Crippen LogP contribution is -2.48. The van der Waals surface area contributed by atoms with E-state index < -0.39 is 6.04 Å². The van der Waals surface area contributed by atoms with Crippen molar-refractivity contribution < 1.29 is 9.59 Å². The summed E-state index contributed by atoms with van der Waals surface area (Å²) in [6.07, 6.45) is 9.37. The molecule has 3 aliphatic rings. The van der Waals surface area contributed by atoms with Crippen LogP contribution in [0, 0.1) is 22.2 Å². The van der Waals surface area contributed by atoms with Crippen LogP contribution in [0.2, 0.25) is 0 Å². The van der Waals surface area contributed by atoms with Gasteiger partial charge in [0, 0.05) is 5.92 Å². The molecule has 0 bridgehead atoms. The zero-order valence-corrected chi connectivity index (χ0v) is 18.4. The molecule has 5 nitrogen and oxygen atoms in total. The third kappa shape index (κ3) is 3.19. The zero-order chi connectivity index (χ0) is 20.7. The second-order valence-electron chi connectivity index (χ2n) is 10.1. The number of amides is 1. The lowest BCUT2D eigenvalue weighted by atomic mass is 9.71. The topological polar surface area (TPSA) is 84.5 Å². The van der Waals surface area contributed by atoms with Gasteiger partial charge in [-0.05, 0) is 61.2 Å². The summed E-state index contributed by atoms with van der Waals surface area (Å²) < 4.78 is 0. The SMILES string of the molecule is CCC[C@H](NC(=O)C(C)C[C@@]1(CC)C(C)(C)C12CCC2)C(=O)C(N)=NC1CC1. The largest absolute Gasteiger partial charge is 0.381 e. The fraction of sp³-hybridized carbons (Fsp3) is 0.870. The average molecular weight is 390 g/mol. The first-order chi connectivity index (χ1) is 13.2. The van der Waals surface area contributed by atoms with E-state index in [-0.39, 0.29) is 34.9 Å². The number of hydrogen-bond acceptors (Lipinski definition) is 3. The van der Waals surface area contributed by atoms with E-state index in [1.807, 2.05) is 13.8 Å². The van der Waals surface area contributed by atoms with E-state index in [0.29, 0.717) is 17.3 Å². The number of ketones is 1. The van der Waals surface area contributed by atoms with Gasteiger partial charge in [0.2, 0.25) is 11.7 Å². The molecule has 3 N–H and O–H groups in total. The standard InChI is InChI=1S/C23H39N3O2/c1-6-9-17(18(27)19(24)25-16-10-11-16)26-20(28)15(3)14-22(7-2)21(4,5)23(22)12-8-13-23/h15-17H,6-14H2,1-5H3,(H2,24,25)(H,26,28)/t15?,17-,22-/m0/s1. The fourth-order valence-corrected chi connectivity index (χ4v) is 6.40. The average Bonchev–Trinajstić information content (AvgIpc) is 3.48. The molecule has 0 aromatic carbocycles. The van der Waals surface area contributed by atoms with Gasteiger partial charge < -0.3 is 11.1 Å². The summed E-state index contributed by atoms with van der Waals surface area (Å²) in [6, 6.07) is -0.342. The Balaban J connectivity index is 1.64. The van der Waals surface area contributed by atoms with Gasteiger partial charge in [0.1, 0.15) is 0 Å². The van der Waals surface area contributed by atoms with E-state index in [0.717, 1.165) is 32.1 Å². The number of amidine groups is 1. The number of carbonyl (C=O) groups is 2.